The maximum atomic E-state index is 12.1. The first-order valence-electron chi connectivity index (χ1n) is 5.75. The van der Waals surface area contributed by atoms with Crippen molar-refractivity contribution < 1.29 is 4.79 Å². The predicted octanol–water partition coefficient (Wildman–Crippen LogP) is 2.85. The molecule has 0 aliphatic heterocycles. The second kappa shape index (κ2) is 5.69. The van der Waals surface area contributed by atoms with Gasteiger partial charge in [0.25, 0.3) is 0 Å². The molecule has 2 aromatic rings. The highest BCUT2D eigenvalue weighted by Crippen LogP contribution is 2.16. The van der Waals surface area contributed by atoms with Crippen LogP contribution in [0.15, 0.2) is 36.5 Å². The second-order valence-corrected chi connectivity index (χ2v) is 4.21. The van der Waals surface area contributed by atoms with Gasteiger partial charge in [0.1, 0.15) is 5.69 Å². The van der Waals surface area contributed by atoms with Gasteiger partial charge >= 0.3 is 0 Å². The van der Waals surface area contributed by atoms with E-state index in [1.54, 1.807) is 4.68 Å². The van der Waals surface area contributed by atoms with Gasteiger partial charge in [-0.05, 0) is 19.1 Å². The number of benzene rings is 1. The molecule has 0 bridgehead atoms. The van der Waals surface area contributed by atoms with Gasteiger partial charge in [0.15, 0.2) is 0 Å². The van der Waals surface area contributed by atoms with E-state index in [-0.39, 0.29) is 12.3 Å². The molecule has 5 heteroatoms. The number of para-hydroxylation sites is 1. The van der Waals surface area contributed by atoms with E-state index in [2.05, 4.69) is 10.4 Å². The molecule has 1 heterocycles. The lowest BCUT2D eigenvalue weighted by atomic mass is 10.2. The number of nitrogens with one attached hydrogen (secondary N) is 1. The molecular formula is C13H14ClN3O. The molecule has 0 fully saturated rings. The van der Waals surface area contributed by atoms with Gasteiger partial charge in [0, 0.05) is 12.2 Å². The molecule has 18 heavy (non-hydrogen) atoms. The zero-order valence-corrected chi connectivity index (χ0v) is 10.8. The fraction of sp³-hybridized carbons (Fsp3) is 0.231. The number of halogens is 1. The fourth-order valence-electron chi connectivity index (χ4n) is 1.70. The van der Waals surface area contributed by atoms with E-state index in [0.717, 1.165) is 5.69 Å². The highest BCUT2D eigenvalue weighted by atomic mass is 35.5. The van der Waals surface area contributed by atoms with Gasteiger partial charge in [-0.15, -0.1) is 0 Å². The van der Waals surface area contributed by atoms with Crippen LogP contribution in [-0.4, -0.2) is 22.1 Å². The van der Waals surface area contributed by atoms with E-state index in [9.17, 15) is 4.79 Å². The second-order valence-electron chi connectivity index (χ2n) is 3.80. The van der Waals surface area contributed by atoms with Crippen LogP contribution in [0.1, 0.15) is 17.4 Å². The minimum atomic E-state index is -0.0665. The lowest BCUT2D eigenvalue weighted by molar-refractivity contribution is 0.0996. The van der Waals surface area contributed by atoms with Crippen LogP contribution < -0.4 is 5.32 Å². The van der Waals surface area contributed by atoms with Gasteiger partial charge in [-0.3, -0.25) is 9.48 Å². The van der Waals surface area contributed by atoms with Crippen molar-refractivity contribution in [3.05, 3.63) is 47.2 Å². The Labute approximate surface area is 111 Å². The zero-order chi connectivity index (χ0) is 13.0. The van der Waals surface area contributed by atoms with Crippen LogP contribution in [0.5, 0.6) is 0 Å². The fourth-order valence-corrected chi connectivity index (χ4v) is 1.95. The SMILES string of the molecule is CCn1ncc(Cl)c1C(=O)CNc1ccccc1. The van der Waals surface area contributed by atoms with Crippen molar-refractivity contribution in [1.82, 2.24) is 9.78 Å². The monoisotopic (exact) mass is 263 g/mol. The Balaban J connectivity index is 2.06. The zero-order valence-electron chi connectivity index (χ0n) is 10.1. The Bertz CT molecular complexity index is 536. The molecule has 0 saturated carbocycles. The topological polar surface area (TPSA) is 46.9 Å². The molecular weight excluding hydrogens is 250 g/mol. The Hall–Kier alpha value is -1.81. The highest BCUT2D eigenvalue weighted by Gasteiger charge is 2.16. The van der Waals surface area contributed by atoms with Crippen molar-refractivity contribution in [1.29, 1.82) is 0 Å². The summed E-state index contributed by atoms with van der Waals surface area (Å²) in [6.07, 6.45) is 1.50. The average molecular weight is 264 g/mol. The van der Waals surface area contributed by atoms with E-state index in [4.69, 9.17) is 11.6 Å². The lowest BCUT2D eigenvalue weighted by Crippen LogP contribution is -2.18. The van der Waals surface area contributed by atoms with Crippen molar-refractivity contribution >= 4 is 23.1 Å². The normalized spacial score (nSPS) is 10.3. The van der Waals surface area contributed by atoms with Gasteiger partial charge in [-0.1, -0.05) is 29.8 Å². The summed E-state index contributed by atoms with van der Waals surface area (Å²) in [6.45, 7) is 2.75. The van der Waals surface area contributed by atoms with Crippen molar-refractivity contribution in [3.63, 3.8) is 0 Å². The standard InChI is InChI=1S/C13H14ClN3O/c1-2-17-13(11(14)8-16-17)12(18)9-15-10-6-4-3-5-7-10/h3-8,15H,2,9H2,1H3. The number of aryl methyl sites for hydroxylation is 1. The van der Waals surface area contributed by atoms with Gasteiger partial charge < -0.3 is 5.32 Å². The van der Waals surface area contributed by atoms with Crippen molar-refractivity contribution in [2.75, 3.05) is 11.9 Å². The third kappa shape index (κ3) is 2.71. The molecule has 0 radical (unpaired) electrons. The summed E-state index contributed by atoms with van der Waals surface area (Å²) in [5, 5.41) is 7.51. The van der Waals surface area contributed by atoms with Crippen LogP contribution in [0, 0.1) is 0 Å². The summed E-state index contributed by atoms with van der Waals surface area (Å²) in [5.74, 6) is -0.0665. The molecule has 0 spiro atoms. The van der Waals surface area contributed by atoms with Crippen molar-refractivity contribution in [2.45, 2.75) is 13.5 Å². The number of anilines is 1. The van der Waals surface area contributed by atoms with Crippen LogP contribution in [0.2, 0.25) is 5.02 Å². The van der Waals surface area contributed by atoms with E-state index in [1.807, 2.05) is 37.3 Å². The molecule has 1 aromatic carbocycles. The molecule has 0 saturated heterocycles. The first kappa shape index (κ1) is 12.6. The molecule has 0 amide bonds. The van der Waals surface area contributed by atoms with Crippen LogP contribution in [0.3, 0.4) is 0 Å². The summed E-state index contributed by atoms with van der Waals surface area (Å²) in [4.78, 5) is 12.1. The molecule has 94 valence electrons. The first-order valence-corrected chi connectivity index (χ1v) is 6.13. The van der Waals surface area contributed by atoms with E-state index >= 15 is 0 Å². The van der Waals surface area contributed by atoms with Crippen LogP contribution in [0.25, 0.3) is 0 Å². The maximum Gasteiger partial charge on any atom is 0.201 e. The summed E-state index contributed by atoms with van der Waals surface area (Å²) in [7, 11) is 0. The molecule has 0 aliphatic carbocycles. The number of hydrogen-bond acceptors (Lipinski definition) is 3. The van der Waals surface area contributed by atoms with Crippen LogP contribution in [0.4, 0.5) is 5.69 Å². The van der Waals surface area contributed by atoms with Gasteiger partial charge in [0.2, 0.25) is 5.78 Å². The Morgan fingerprint density at radius 3 is 2.78 bits per heavy atom. The number of nitrogens with zero attached hydrogens (tertiary/aromatic N) is 2. The third-order valence-electron chi connectivity index (χ3n) is 2.59. The predicted molar refractivity (Wildman–Crippen MR) is 72.2 cm³/mol. The number of rotatable bonds is 5. The van der Waals surface area contributed by atoms with E-state index in [0.29, 0.717) is 17.3 Å². The summed E-state index contributed by atoms with van der Waals surface area (Å²) in [5.41, 5.74) is 1.37. The maximum absolute atomic E-state index is 12.1. The average Bonchev–Trinajstić information content (AvgIpc) is 2.78. The lowest BCUT2D eigenvalue weighted by Gasteiger charge is -2.07. The third-order valence-corrected chi connectivity index (χ3v) is 2.86. The van der Waals surface area contributed by atoms with Crippen LogP contribution >= 0.6 is 11.6 Å². The Kier molecular flexibility index (Phi) is 3.99. The minimum Gasteiger partial charge on any atom is -0.378 e. The number of carbonyl (C=O) groups excluding carboxylic acids is 1. The number of ketones is 1. The number of aromatic nitrogens is 2. The molecule has 0 atom stereocenters. The Morgan fingerprint density at radius 2 is 2.11 bits per heavy atom. The molecule has 4 nitrogen and oxygen atoms in total. The van der Waals surface area contributed by atoms with Crippen molar-refractivity contribution in [2.24, 2.45) is 0 Å². The van der Waals surface area contributed by atoms with E-state index in [1.165, 1.54) is 6.20 Å². The van der Waals surface area contributed by atoms with Crippen LogP contribution in [-0.2, 0) is 6.54 Å². The molecule has 0 aliphatic rings. The Morgan fingerprint density at radius 1 is 1.39 bits per heavy atom. The van der Waals surface area contributed by atoms with E-state index < -0.39 is 0 Å². The smallest absolute Gasteiger partial charge is 0.201 e. The number of Topliss-reactive ketones (excluding diaryl/α,β-unsaturated/α-hetero) is 1. The molecule has 0 unspecified atom stereocenters. The summed E-state index contributed by atoms with van der Waals surface area (Å²) < 4.78 is 1.61. The van der Waals surface area contributed by atoms with Gasteiger partial charge in [-0.2, -0.15) is 5.10 Å². The molecule has 2 rings (SSSR count). The highest BCUT2D eigenvalue weighted by molar-refractivity contribution is 6.33. The van der Waals surface area contributed by atoms with Crippen molar-refractivity contribution in [3.8, 4) is 0 Å². The quantitative estimate of drug-likeness (QED) is 0.844. The largest absolute Gasteiger partial charge is 0.378 e. The molecule has 1 aromatic heterocycles. The van der Waals surface area contributed by atoms with Gasteiger partial charge in [-0.25, -0.2) is 0 Å². The summed E-state index contributed by atoms with van der Waals surface area (Å²) >= 11 is 5.97. The molecule has 1 N–H and O–H groups in total. The van der Waals surface area contributed by atoms with Gasteiger partial charge in [0.05, 0.1) is 17.8 Å². The minimum absolute atomic E-state index is 0.0665. The number of carbonyl (C=O) groups is 1. The first-order chi connectivity index (χ1) is 8.72. The summed E-state index contributed by atoms with van der Waals surface area (Å²) in [6, 6.07) is 9.57. The number of hydrogen-bond donors (Lipinski definition) is 1.